The van der Waals surface area contributed by atoms with Crippen LogP contribution in [0.5, 0.6) is 0 Å². The van der Waals surface area contributed by atoms with Crippen LogP contribution in [-0.2, 0) is 21.2 Å². The standard InChI is InChI=1S/C20H21Cl2N3O4S/c1-11(2)24-19(26)13-4-6-18-17(8-13)25(20(27)16(23)10-30(18,28)29)9-12-3-5-14(21)15(22)7-12/h3-8,11,16H,9-10,23H2,1-2H3,(H,24,26)/t16-/m0/s1. The maximum atomic E-state index is 13.0. The van der Waals surface area contributed by atoms with Gasteiger partial charge < -0.3 is 16.0 Å². The molecule has 0 saturated carbocycles. The van der Waals surface area contributed by atoms with Crippen molar-refractivity contribution in [1.29, 1.82) is 0 Å². The van der Waals surface area contributed by atoms with Crippen LogP contribution in [0.2, 0.25) is 10.0 Å². The van der Waals surface area contributed by atoms with E-state index in [1.165, 1.54) is 23.1 Å². The van der Waals surface area contributed by atoms with Crippen LogP contribution in [0.25, 0.3) is 0 Å². The first kappa shape index (κ1) is 22.6. The molecule has 1 aliphatic rings. The van der Waals surface area contributed by atoms with Crippen LogP contribution >= 0.6 is 23.2 Å². The number of benzene rings is 2. The average Bonchev–Trinajstić information content (AvgIpc) is 2.72. The third-order valence-electron chi connectivity index (χ3n) is 4.57. The van der Waals surface area contributed by atoms with Gasteiger partial charge in [0.15, 0.2) is 9.84 Å². The fraction of sp³-hybridized carbons (Fsp3) is 0.300. The largest absolute Gasteiger partial charge is 0.350 e. The molecule has 7 nitrogen and oxygen atoms in total. The molecule has 1 atom stereocenters. The second kappa shape index (κ2) is 8.55. The van der Waals surface area contributed by atoms with Gasteiger partial charge in [0.05, 0.1) is 39.0 Å². The Morgan fingerprint density at radius 1 is 1.20 bits per heavy atom. The number of hydrogen-bond donors (Lipinski definition) is 2. The number of fused-ring (bicyclic) bond motifs is 1. The van der Waals surface area contributed by atoms with Crippen molar-refractivity contribution < 1.29 is 18.0 Å². The first-order valence-corrected chi connectivity index (χ1v) is 11.6. The van der Waals surface area contributed by atoms with E-state index in [0.717, 1.165) is 0 Å². The fourth-order valence-electron chi connectivity index (χ4n) is 3.18. The monoisotopic (exact) mass is 469 g/mol. The smallest absolute Gasteiger partial charge is 0.251 e. The van der Waals surface area contributed by atoms with E-state index in [0.29, 0.717) is 15.6 Å². The summed E-state index contributed by atoms with van der Waals surface area (Å²) in [6, 6.07) is 7.68. The summed E-state index contributed by atoms with van der Waals surface area (Å²) in [5.74, 6) is -1.46. The van der Waals surface area contributed by atoms with E-state index >= 15 is 0 Å². The van der Waals surface area contributed by atoms with Gasteiger partial charge in [0.25, 0.3) is 5.91 Å². The van der Waals surface area contributed by atoms with Crippen LogP contribution in [0.15, 0.2) is 41.3 Å². The minimum absolute atomic E-state index is 0.0151. The van der Waals surface area contributed by atoms with E-state index in [1.807, 2.05) is 13.8 Å². The molecule has 1 aliphatic heterocycles. The second-order valence-electron chi connectivity index (χ2n) is 7.37. The number of carbonyl (C=O) groups excluding carboxylic acids is 2. The highest BCUT2D eigenvalue weighted by Crippen LogP contribution is 2.33. The van der Waals surface area contributed by atoms with Gasteiger partial charge >= 0.3 is 0 Å². The van der Waals surface area contributed by atoms with Crippen molar-refractivity contribution in [2.24, 2.45) is 5.73 Å². The summed E-state index contributed by atoms with van der Waals surface area (Å²) < 4.78 is 25.6. The van der Waals surface area contributed by atoms with Crippen molar-refractivity contribution in [2.45, 2.75) is 37.4 Å². The summed E-state index contributed by atoms with van der Waals surface area (Å²) >= 11 is 12.0. The second-order valence-corrected chi connectivity index (χ2v) is 10.2. The number of hydrogen-bond acceptors (Lipinski definition) is 5. The number of rotatable bonds is 4. The number of nitrogens with one attached hydrogen (secondary N) is 1. The van der Waals surface area contributed by atoms with E-state index in [1.54, 1.807) is 18.2 Å². The van der Waals surface area contributed by atoms with Gasteiger partial charge in [-0.3, -0.25) is 9.59 Å². The van der Waals surface area contributed by atoms with E-state index in [2.05, 4.69) is 5.32 Å². The van der Waals surface area contributed by atoms with Crippen LogP contribution < -0.4 is 16.0 Å². The molecular formula is C20H21Cl2N3O4S. The molecule has 3 N–H and O–H groups in total. The van der Waals surface area contributed by atoms with Crippen LogP contribution in [0.3, 0.4) is 0 Å². The van der Waals surface area contributed by atoms with Gasteiger partial charge in [0, 0.05) is 11.6 Å². The lowest BCUT2D eigenvalue weighted by Gasteiger charge is -2.25. The number of halogens is 2. The summed E-state index contributed by atoms with van der Waals surface area (Å²) in [6.07, 6.45) is 0. The molecule has 0 saturated heterocycles. The molecule has 2 aromatic rings. The summed E-state index contributed by atoms with van der Waals surface area (Å²) in [7, 11) is -3.83. The minimum Gasteiger partial charge on any atom is -0.350 e. The number of anilines is 1. The molecule has 2 aromatic carbocycles. The lowest BCUT2D eigenvalue weighted by Crippen LogP contribution is -2.45. The lowest BCUT2D eigenvalue weighted by atomic mass is 10.1. The van der Waals surface area contributed by atoms with Gasteiger partial charge in [0.1, 0.15) is 0 Å². The molecule has 0 unspecified atom stereocenters. The zero-order valence-electron chi connectivity index (χ0n) is 16.4. The van der Waals surface area contributed by atoms with Crippen molar-refractivity contribution in [2.75, 3.05) is 10.7 Å². The number of nitrogens with zero attached hydrogens (tertiary/aromatic N) is 1. The molecular weight excluding hydrogens is 449 g/mol. The number of amides is 2. The fourth-order valence-corrected chi connectivity index (χ4v) is 5.06. The molecule has 1 heterocycles. The van der Waals surface area contributed by atoms with E-state index in [-0.39, 0.29) is 34.6 Å². The molecule has 160 valence electrons. The Morgan fingerprint density at radius 2 is 1.90 bits per heavy atom. The normalized spacial score (nSPS) is 18.1. The Labute approximate surface area is 185 Å². The molecule has 3 rings (SSSR count). The zero-order chi connectivity index (χ0) is 22.2. The Balaban J connectivity index is 2.13. The average molecular weight is 470 g/mol. The van der Waals surface area contributed by atoms with Crippen LogP contribution in [-0.4, -0.2) is 38.1 Å². The number of nitrogens with two attached hydrogens (primary N) is 1. The molecule has 2 amide bonds. The van der Waals surface area contributed by atoms with Crippen LogP contribution in [0.4, 0.5) is 5.69 Å². The summed E-state index contributed by atoms with van der Waals surface area (Å²) in [5, 5.41) is 3.41. The molecule has 0 aromatic heterocycles. The molecule has 10 heteroatoms. The minimum atomic E-state index is -3.83. The van der Waals surface area contributed by atoms with Crippen LogP contribution in [0.1, 0.15) is 29.8 Å². The maximum absolute atomic E-state index is 13.0. The lowest BCUT2D eigenvalue weighted by molar-refractivity contribution is -0.119. The van der Waals surface area contributed by atoms with Gasteiger partial charge in [-0.15, -0.1) is 0 Å². The predicted molar refractivity (Wildman–Crippen MR) is 117 cm³/mol. The highest BCUT2D eigenvalue weighted by Gasteiger charge is 2.36. The Hall–Kier alpha value is -2.13. The van der Waals surface area contributed by atoms with E-state index in [9.17, 15) is 18.0 Å². The Bertz CT molecular complexity index is 1120. The Kier molecular flexibility index (Phi) is 6.43. The summed E-state index contributed by atoms with van der Waals surface area (Å²) in [4.78, 5) is 26.7. The van der Waals surface area contributed by atoms with Gasteiger partial charge in [-0.05, 0) is 49.7 Å². The Morgan fingerprint density at radius 3 is 2.53 bits per heavy atom. The predicted octanol–water partition coefficient (Wildman–Crippen LogP) is 2.78. The van der Waals surface area contributed by atoms with Crippen molar-refractivity contribution >= 4 is 50.5 Å². The highest BCUT2D eigenvalue weighted by molar-refractivity contribution is 7.91. The van der Waals surface area contributed by atoms with Crippen molar-refractivity contribution in [1.82, 2.24) is 5.32 Å². The van der Waals surface area contributed by atoms with Crippen LogP contribution in [0, 0.1) is 0 Å². The summed E-state index contributed by atoms with van der Waals surface area (Å²) in [5.41, 5.74) is 6.87. The SMILES string of the molecule is CC(C)NC(=O)c1ccc2c(c1)N(Cc1ccc(Cl)c(Cl)c1)C(=O)[C@@H](N)CS2(=O)=O. The van der Waals surface area contributed by atoms with Gasteiger partial charge in [-0.1, -0.05) is 29.3 Å². The van der Waals surface area contributed by atoms with Gasteiger partial charge in [0.2, 0.25) is 5.91 Å². The quantitative estimate of drug-likeness (QED) is 0.714. The molecule has 0 fully saturated rings. The molecule has 0 radical (unpaired) electrons. The first-order valence-electron chi connectivity index (χ1n) is 9.18. The molecule has 0 spiro atoms. The third kappa shape index (κ3) is 4.62. The van der Waals surface area contributed by atoms with E-state index in [4.69, 9.17) is 28.9 Å². The number of sulfone groups is 1. The van der Waals surface area contributed by atoms with Gasteiger partial charge in [-0.25, -0.2) is 8.42 Å². The highest BCUT2D eigenvalue weighted by atomic mass is 35.5. The number of carbonyl (C=O) groups is 2. The first-order chi connectivity index (χ1) is 14.0. The third-order valence-corrected chi connectivity index (χ3v) is 7.13. The zero-order valence-corrected chi connectivity index (χ0v) is 18.7. The molecule has 30 heavy (non-hydrogen) atoms. The van der Waals surface area contributed by atoms with Crippen molar-refractivity contribution in [3.63, 3.8) is 0 Å². The van der Waals surface area contributed by atoms with Gasteiger partial charge in [-0.2, -0.15) is 0 Å². The van der Waals surface area contributed by atoms with Crippen molar-refractivity contribution in [3.05, 3.63) is 57.6 Å². The molecule has 0 bridgehead atoms. The molecule has 0 aliphatic carbocycles. The maximum Gasteiger partial charge on any atom is 0.251 e. The topological polar surface area (TPSA) is 110 Å². The van der Waals surface area contributed by atoms with E-state index < -0.39 is 27.5 Å². The summed E-state index contributed by atoms with van der Waals surface area (Å²) in [6.45, 7) is 3.64. The van der Waals surface area contributed by atoms with Crippen molar-refractivity contribution in [3.8, 4) is 0 Å².